The van der Waals surface area contributed by atoms with Gasteiger partial charge in [-0.1, -0.05) is 49.1 Å². The first-order valence-corrected chi connectivity index (χ1v) is 13.5. The number of likely N-dealkylation sites (tertiary alicyclic amines) is 2. The van der Waals surface area contributed by atoms with Gasteiger partial charge < -0.3 is 26.1 Å². The lowest BCUT2D eigenvalue weighted by molar-refractivity contribution is 0.143. The molecule has 1 aromatic carbocycles. The third kappa shape index (κ3) is 6.90. The number of amidine groups is 1. The van der Waals surface area contributed by atoms with E-state index in [-0.39, 0.29) is 0 Å². The first-order chi connectivity index (χ1) is 18.9. The van der Waals surface area contributed by atoms with Crippen LogP contribution in [0.5, 0.6) is 0 Å². The van der Waals surface area contributed by atoms with Crippen LogP contribution in [-0.2, 0) is 11.4 Å². The van der Waals surface area contributed by atoms with Gasteiger partial charge in [-0.3, -0.25) is 10.00 Å². The van der Waals surface area contributed by atoms with E-state index in [1.165, 1.54) is 18.4 Å². The monoisotopic (exact) mass is 529 g/mol. The molecule has 206 valence electrons. The highest BCUT2D eigenvalue weighted by Crippen LogP contribution is 2.39. The Balaban J connectivity index is 1.29. The van der Waals surface area contributed by atoms with E-state index >= 15 is 0 Å². The number of fused-ring (bicyclic) bond motifs is 2. The van der Waals surface area contributed by atoms with Crippen molar-refractivity contribution in [1.29, 1.82) is 0 Å². The number of rotatable bonds is 13. The van der Waals surface area contributed by atoms with Gasteiger partial charge in [-0.05, 0) is 37.8 Å². The number of nitrogens with one attached hydrogen (secondary N) is 3. The van der Waals surface area contributed by atoms with E-state index in [0.717, 1.165) is 43.1 Å². The molecule has 0 radical (unpaired) electrons. The van der Waals surface area contributed by atoms with Gasteiger partial charge in [0.25, 0.3) is 0 Å². The Kier molecular flexibility index (Phi) is 8.04. The molecule has 1 aromatic heterocycles. The number of nitrogens with two attached hydrogens (primary N) is 2. The molecule has 2 atom stereocenters. The predicted octanol–water partition coefficient (Wildman–Crippen LogP) is 3.08. The maximum atomic E-state index is 6.41. The summed E-state index contributed by atoms with van der Waals surface area (Å²) in [5, 5.41) is 14.1. The van der Waals surface area contributed by atoms with Crippen molar-refractivity contribution in [1.82, 2.24) is 30.6 Å². The van der Waals surface area contributed by atoms with Crippen LogP contribution in [0.3, 0.4) is 0 Å². The molecule has 10 heteroatoms. The Hall–Kier alpha value is -4.02. The van der Waals surface area contributed by atoms with Crippen molar-refractivity contribution < 1.29 is 4.84 Å². The van der Waals surface area contributed by atoms with E-state index < -0.39 is 0 Å². The number of H-pyrrole nitrogens is 1. The molecule has 1 aliphatic carbocycles. The molecule has 3 aliphatic rings. The molecule has 10 nitrogen and oxygen atoms in total. The molecule has 7 N–H and O–H groups in total. The Labute approximate surface area is 230 Å². The van der Waals surface area contributed by atoms with E-state index in [0.29, 0.717) is 47.8 Å². The normalized spacial score (nSPS) is 21.8. The molecule has 0 amide bonds. The van der Waals surface area contributed by atoms with E-state index in [2.05, 4.69) is 79.1 Å². The summed E-state index contributed by atoms with van der Waals surface area (Å²) in [7, 11) is 0. The Morgan fingerprint density at radius 1 is 1.21 bits per heavy atom. The number of aromatic amines is 1. The van der Waals surface area contributed by atoms with Gasteiger partial charge in [-0.15, -0.1) is 0 Å². The zero-order valence-corrected chi connectivity index (χ0v) is 22.6. The van der Waals surface area contributed by atoms with Crippen LogP contribution < -0.4 is 22.3 Å². The first kappa shape index (κ1) is 26.6. The molecule has 3 heterocycles. The second-order valence-corrected chi connectivity index (χ2v) is 10.7. The van der Waals surface area contributed by atoms with Gasteiger partial charge in [-0.2, -0.15) is 11.0 Å². The van der Waals surface area contributed by atoms with Gasteiger partial charge in [0.2, 0.25) is 0 Å². The average molecular weight is 530 g/mol. The quantitative estimate of drug-likeness (QED) is 0.0879. The second-order valence-electron chi connectivity index (χ2n) is 10.7. The molecule has 3 fully saturated rings. The Morgan fingerprint density at radius 3 is 2.67 bits per heavy atom. The summed E-state index contributed by atoms with van der Waals surface area (Å²) in [4.78, 5) is 14.4. The van der Waals surface area contributed by atoms with E-state index in [1.807, 2.05) is 19.1 Å². The van der Waals surface area contributed by atoms with Gasteiger partial charge in [0, 0.05) is 55.5 Å². The van der Waals surface area contributed by atoms with Crippen molar-refractivity contribution in [2.75, 3.05) is 19.6 Å². The molecule has 39 heavy (non-hydrogen) atoms. The minimum atomic E-state index is 0.358. The van der Waals surface area contributed by atoms with Crippen LogP contribution in [0.25, 0.3) is 0 Å². The summed E-state index contributed by atoms with van der Waals surface area (Å²) >= 11 is 0. The smallest absolute Gasteiger partial charge is 0.175 e. The summed E-state index contributed by atoms with van der Waals surface area (Å²) in [5.41, 5.74) is 9.72. The fourth-order valence-corrected chi connectivity index (χ4v) is 5.33. The number of aromatic nitrogens is 2. The molecule has 5 rings (SSSR count). The molecule has 2 aliphatic heterocycles. The fraction of sp³-hybridized carbons (Fsp3) is 0.379. The van der Waals surface area contributed by atoms with Gasteiger partial charge in [0.1, 0.15) is 17.4 Å². The standard InChI is InChI=1S/C29H39N9O/c1-19(2)11-25(39-31)15-32-20(3)33-29(14-27(30)34-28-13-26(35-36-28)22-9-10-22)38-18-23-12-24(38)17-37(23)16-21-7-5-4-6-8-21/h4-8,11,13-14,22-24,32-33H,1,3,9-10,12,15-18,31H2,2H3,(H3,30,34,35,36)/b25-11-,29-14?/t23-,24-/m1/s1. The number of hydrogen-bond acceptors (Lipinski definition) is 8. The first-order valence-electron chi connectivity index (χ1n) is 13.5. The van der Waals surface area contributed by atoms with Crippen molar-refractivity contribution in [3.63, 3.8) is 0 Å². The predicted molar refractivity (Wildman–Crippen MR) is 154 cm³/mol. The zero-order chi connectivity index (χ0) is 27.4. The highest BCUT2D eigenvalue weighted by atomic mass is 16.6. The lowest BCUT2D eigenvalue weighted by Crippen LogP contribution is -2.48. The maximum absolute atomic E-state index is 6.41. The van der Waals surface area contributed by atoms with Crippen molar-refractivity contribution in [3.05, 3.63) is 95.9 Å². The molecule has 2 bridgehead atoms. The topological polar surface area (TPSA) is 133 Å². The Bertz CT molecular complexity index is 1270. The van der Waals surface area contributed by atoms with Gasteiger partial charge in [-0.25, -0.2) is 4.99 Å². The zero-order valence-electron chi connectivity index (χ0n) is 22.6. The molecular weight excluding hydrogens is 490 g/mol. The summed E-state index contributed by atoms with van der Waals surface area (Å²) in [6.07, 6.45) is 7.13. The Morgan fingerprint density at radius 2 is 2.00 bits per heavy atom. The molecule has 2 saturated heterocycles. The van der Waals surface area contributed by atoms with E-state index in [4.69, 9.17) is 16.5 Å². The highest BCUT2D eigenvalue weighted by Gasteiger charge is 2.44. The van der Waals surface area contributed by atoms with Crippen LogP contribution in [-0.4, -0.2) is 57.6 Å². The largest absolute Gasteiger partial charge is 0.414 e. The van der Waals surface area contributed by atoms with Crippen LogP contribution in [0.1, 0.15) is 43.4 Å². The van der Waals surface area contributed by atoms with Gasteiger partial charge >= 0.3 is 0 Å². The number of aliphatic imine (C=N–C) groups is 1. The van der Waals surface area contributed by atoms with Crippen LogP contribution in [0.2, 0.25) is 0 Å². The van der Waals surface area contributed by atoms with Crippen molar-refractivity contribution in [3.8, 4) is 0 Å². The number of allylic oxidation sites excluding steroid dienone is 2. The summed E-state index contributed by atoms with van der Waals surface area (Å²) in [6, 6.07) is 13.4. The molecular formula is C29H39N9O. The fourth-order valence-electron chi connectivity index (χ4n) is 5.33. The summed E-state index contributed by atoms with van der Waals surface area (Å²) in [6.45, 7) is 13.1. The average Bonchev–Trinajstić information content (AvgIpc) is 3.33. The highest BCUT2D eigenvalue weighted by molar-refractivity contribution is 5.93. The second kappa shape index (κ2) is 11.8. The lowest BCUT2D eigenvalue weighted by Gasteiger charge is -2.37. The summed E-state index contributed by atoms with van der Waals surface area (Å²) in [5.74, 6) is 8.95. The lowest BCUT2D eigenvalue weighted by atomic mass is 10.2. The summed E-state index contributed by atoms with van der Waals surface area (Å²) < 4.78 is 0. The number of hydrogen-bond donors (Lipinski definition) is 5. The molecule has 1 saturated carbocycles. The maximum Gasteiger partial charge on any atom is 0.175 e. The SMILES string of the molecule is C=C(C)/C=C(/CNC(=C)NC(=CC(N)=Nc1cc(C2CC2)[nH]n1)N1C[C@H]2C[C@@H]1CN2Cc1ccccc1)ON. The van der Waals surface area contributed by atoms with Crippen LogP contribution in [0, 0.1) is 0 Å². The number of benzene rings is 1. The minimum Gasteiger partial charge on any atom is -0.414 e. The van der Waals surface area contributed by atoms with E-state index in [1.54, 1.807) is 6.08 Å². The van der Waals surface area contributed by atoms with Gasteiger partial charge in [0.05, 0.1) is 12.4 Å². The number of piperazine rings is 1. The number of nitrogens with zero attached hydrogens (tertiary/aromatic N) is 4. The van der Waals surface area contributed by atoms with Crippen LogP contribution >= 0.6 is 0 Å². The van der Waals surface area contributed by atoms with Crippen molar-refractivity contribution in [2.45, 2.75) is 50.7 Å². The van der Waals surface area contributed by atoms with Crippen LogP contribution in [0.4, 0.5) is 5.82 Å². The molecule has 0 unspecified atom stereocenters. The van der Waals surface area contributed by atoms with Gasteiger partial charge in [0.15, 0.2) is 5.82 Å². The minimum absolute atomic E-state index is 0.358. The molecule has 0 spiro atoms. The third-order valence-corrected chi connectivity index (χ3v) is 7.34. The van der Waals surface area contributed by atoms with E-state index in [9.17, 15) is 0 Å². The molecule has 2 aromatic rings. The van der Waals surface area contributed by atoms with Crippen molar-refractivity contribution in [2.24, 2.45) is 16.6 Å². The third-order valence-electron chi connectivity index (χ3n) is 7.34. The van der Waals surface area contributed by atoms with Crippen molar-refractivity contribution >= 4 is 11.7 Å². The van der Waals surface area contributed by atoms with Crippen LogP contribution in [0.15, 0.2) is 89.7 Å².